The third-order valence-corrected chi connectivity index (χ3v) is 5.00. The number of hydrogen-bond acceptors (Lipinski definition) is 7. The predicted molar refractivity (Wildman–Crippen MR) is 111 cm³/mol. The quantitative estimate of drug-likeness (QED) is 0.306. The van der Waals surface area contributed by atoms with Gasteiger partial charge in [-0.3, -0.25) is 0 Å². The summed E-state index contributed by atoms with van der Waals surface area (Å²) in [5.74, 6) is -0.320. The Hall–Kier alpha value is -3.54. The number of hydrogen-bond donors (Lipinski definition) is 0. The smallest absolute Gasteiger partial charge is 0.461 e. The number of halogens is 3. The van der Waals surface area contributed by atoms with Gasteiger partial charge in [0.1, 0.15) is 17.4 Å². The lowest BCUT2D eigenvalue weighted by atomic mass is 10.1. The Bertz CT molecular complexity index is 1290. The number of fused-ring (bicyclic) bond motifs is 1. The summed E-state index contributed by atoms with van der Waals surface area (Å²) in [7, 11) is 0. The fourth-order valence-corrected chi connectivity index (χ4v) is 3.28. The van der Waals surface area contributed by atoms with Crippen molar-refractivity contribution in [3.63, 3.8) is 0 Å². The van der Waals surface area contributed by atoms with Gasteiger partial charge in [0.05, 0.1) is 6.54 Å². The number of alkyl halides is 3. The van der Waals surface area contributed by atoms with E-state index in [1.807, 2.05) is 6.26 Å². The van der Waals surface area contributed by atoms with Crippen molar-refractivity contribution in [1.82, 2.24) is 24.1 Å². The van der Waals surface area contributed by atoms with Crippen molar-refractivity contribution in [3.8, 4) is 22.9 Å². The van der Waals surface area contributed by atoms with Crippen LogP contribution in [0.2, 0.25) is 0 Å². The lowest BCUT2D eigenvalue weighted by molar-refractivity contribution is -0.274. The molecule has 0 bridgehead atoms. The third-order valence-electron chi connectivity index (χ3n) is 4.35. The highest BCUT2D eigenvalue weighted by Gasteiger charge is 2.30. The summed E-state index contributed by atoms with van der Waals surface area (Å²) < 4.78 is 49.0. The maximum absolute atomic E-state index is 12.7. The SMILES string of the molecule is CSc1ccnc(OCCn2nc3ccc(-c4ccc(OC(F)(F)F)cc4)cn3c2=O)n1. The monoisotopic (exact) mass is 463 g/mol. The molecule has 4 aromatic rings. The zero-order chi connectivity index (χ0) is 22.7. The van der Waals surface area contributed by atoms with E-state index in [1.54, 1.807) is 30.6 Å². The average Bonchev–Trinajstić information content (AvgIpc) is 3.08. The standard InChI is InChI=1S/C20H16F3N5O3S/c1-32-17-8-9-24-18(25-17)30-11-10-28-19(29)27-12-14(4-7-16(27)26-28)13-2-5-15(6-3-13)31-20(21,22)23/h2-9,12H,10-11H2,1H3. The van der Waals surface area contributed by atoms with Crippen molar-refractivity contribution < 1.29 is 22.6 Å². The molecule has 0 fully saturated rings. The van der Waals surface area contributed by atoms with Crippen LogP contribution >= 0.6 is 11.8 Å². The highest BCUT2D eigenvalue weighted by molar-refractivity contribution is 7.98. The zero-order valence-electron chi connectivity index (χ0n) is 16.6. The molecule has 0 atom stereocenters. The Balaban J connectivity index is 1.49. The number of pyridine rings is 1. The van der Waals surface area contributed by atoms with E-state index in [0.29, 0.717) is 16.8 Å². The van der Waals surface area contributed by atoms with E-state index in [1.165, 1.54) is 45.1 Å². The molecule has 0 aliphatic rings. The Morgan fingerprint density at radius 1 is 1.06 bits per heavy atom. The highest BCUT2D eigenvalue weighted by Crippen LogP contribution is 2.26. The number of aromatic nitrogens is 5. The van der Waals surface area contributed by atoms with Gasteiger partial charge >= 0.3 is 18.1 Å². The number of nitrogens with zero attached hydrogens (tertiary/aromatic N) is 5. The maximum Gasteiger partial charge on any atom is 0.573 e. The summed E-state index contributed by atoms with van der Waals surface area (Å²) >= 11 is 1.46. The summed E-state index contributed by atoms with van der Waals surface area (Å²) in [6.07, 6.45) is 0.304. The highest BCUT2D eigenvalue weighted by atomic mass is 32.2. The first-order valence-electron chi connectivity index (χ1n) is 9.28. The fraction of sp³-hybridized carbons (Fsp3) is 0.200. The molecule has 3 aromatic heterocycles. The Morgan fingerprint density at radius 2 is 1.81 bits per heavy atom. The van der Waals surface area contributed by atoms with Crippen molar-refractivity contribution >= 4 is 17.4 Å². The van der Waals surface area contributed by atoms with Gasteiger partial charge in [-0.25, -0.2) is 18.9 Å². The number of benzene rings is 1. The minimum atomic E-state index is -4.75. The summed E-state index contributed by atoms with van der Waals surface area (Å²) in [6.45, 7) is 0.335. The van der Waals surface area contributed by atoms with Crippen LogP contribution < -0.4 is 15.2 Å². The lowest BCUT2D eigenvalue weighted by Gasteiger charge is -2.09. The van der Waals surface area contributed by atoms with Crippen LogP contribution in [-0.4, -0.2) is 43.4 Å². The predicted octanol–water partition coefficient (Wildman–Crippen LogP) is 3.65. The van der Waals surface area contributed by atoms with Gasteiger partial charge in [0.15, 0.2) is 5.65 Å². The number of rotatable bonds is 7. The van der Waals surface area contributed by atoms with Crippen LogP contribution in [0.4, 0.5) is 13.2 Å². The number of thioether (sulfide) groups is 1. The van der Waals surface area contributed by atoms with Crippen LogP contribution in [-0.2, 0) is 6.54 Å². The van der Waals surface area contributed by atoms with Gasteiger partial charge in [-0.15, -0.1) is 30.0 Å². The Labute approximate surface area is 183 Å². The summed E-state index contributed by atoms with van der Waals surface area (Å²) in [5, 5.41) is 5.03. The number of ether oxygens (including phenoxy) is 2. The van der Waals surface area contributed by atoms with E-state index in [-0.39, 0.29) is 30.6 Å². The molecule has 8 nitrogen and oxygen atoms in total. The van der Waals surface area contributed by atoms with Crippen molar-refractivity contribution in [1.29, 1.82) is 0 Å². The minimum absolute atomic E-state index is 0.148. The molecule has 0 spiro atoms. The van der Waals surface area contributed by atoms with Crippen LogP contribution in [0.25, 0.3) is 16.8 Å². The molecule has 1 aromatic carbocycles. The molecular weight excluding hydrogens is 447 g/mol. The first-order valence-corrected chi connectivity index (χ1v) is 10.5. The van der Waals surface area contributed by atoms with E-state index in [9.17, 15) is 18.0 Å². The molecule has 0 saturated carbocycles. The Kier molecular flexibility index (Phi) is 6.04. The molecule has 0 aliphatic carbocycles. The summed E-state index contributed by atoms with van der Waals surface area (Å²) in [6, 6.07) is 10.7. The van der Waals surface area contributed by atoms with E-state index < -0.39 is 6.36 Å². The van der Waals surface area contributed by atoms with Crippen molar-refractivity contribution in [3.05, 3.63) is 65.3 Å². The van der Waals surface area contributed by atoms with Crippen molar-refractivity contribution in [2.24, 2.45) is 0 Å². The second kappa shape index (κ2) is 8.91. The van der Waals surface area contributed by atoms with Crippen LogP contribution in [0.5, 0.6) is 11.8 Å². The van der Waals surface area contributed by atoms with Crippen molar-refractivity contribution in [2.75, 3.05) is 12.9 Å². The molecule has 32 heavy (non-hydrogen) atoms. The summed E-state index contributed by atoms with van der Waals surface area (Å²) in [5.41, 5.74) is 1.31. The first-order chi connectivity index (χ1) is 15.3. The van der Waals surface area contributed by atoms with Gasteiger partial charge in [0, 0.05) is 12.4 Å². The molecule has 12 heteroatoms. The Morgan fingerprint density at radius 3 is 2.53 bits per heavy atom. The average molecular weight is 463 g/mol. The molecule has 0 unspecified atom stereocenters. The van der Waals surface area contributed by atoms with Gasteiger partial charge in [-0.05, 0) is 47.7 Å². The summed E-state index contributed by atoms with van der Waals surface area (Å²) in [4.78, 5) is 20.9. The fourth-order valence-electron chi connectivity index (χ4n) is 2.92. The van der Waals surface area contributed by atoms with Crippen molar-refractivity contribution in [2.45, 2.75) is 17.9 Å². The lowest BCUT2D eigenvalue weighted by Crippen LogP contribution is -2.24. The van der Waals surface area contributed by atoms with Gasteiger partial charge < -0.3 is 9.47 Å². The van der Waals surface area contributed by atoms with Gasteiger partial charge in [0.2, 0.25) is 0 Å². The van der Waals surface area contributed by atoms with Gasteiger partial charge in [-0.2, -0.15) is 4.98 Å². The largest absolute Gasteiger partial charge is 0.573 e. The molecule has 0 saturated heterocycles. The molecule has 166 valence electrons. The second-order valence-electron chi connectivity index (χ2n) is 6.45. The molecule has 0 N–H and O–H groups in total. The molecule has 0 amide bonds. The van der Waals surface area contributed by atoms with E-state index in [4.69, 9.17) is 4.74 Å². The molecular formula is C20H16F3N5O3S. The second-order valence-corrected chi connectivity index (χ2v) is 7.28. The topological polar surface area (TPSA) is 83.5 Å². The maximum atomic E-state index is 12.7. The van der Waals surface area contributed by atoms with Gasteiger partial charge in [-0.1, -0.05) is 12.1 Å². The first kappa shape index (κ1) is 21.7. The molecule has 0 aliphatic heterocycles. The minimum Gasteiger partial charge on any atom is -0.461 e. The molecule has 4 rings (SSSR count). The van der Waals surface area contributed by atoms with Gasteiger partial charge in [0.25, 0.3) is 0 Å². The van der Waals surface area contributed by atoms with Crippen LogP contribution in [0.1, 0.15) is 0 Å². The van der Waals surface area contributed by atoms with E-state index in [2.05, 4.69) is 19.8 Å². The van der Waals surface area contributed by atoms with E-state index in [0.717, 1.165) is 5.03 Å². The van der Waals surface area contributed by atoms with E-state index >= 15 is 0 Å². The van der Waals surface area contributed by atoms with Crippen LogP contribution in [0.3, 0.4) is 0 Å². The normalized spacial score (nSPS) is 11.6. The van der Waals surface area contributed by atoms with Crippen LogP contribution in [0.15, 0.2) is 64.7 Å². The zero-order valence-corrected chi connectivity index (χ0v) is 17.4. The third kappa shape index (κ3) is 5.02. The molecule has 3 heterocycles. The van der Waals surface area contributed by atoms with Crippen LogP contribution in [0, 0.1) is 0 Å². The molecule has 0 radical (unpaired) electrons.